The normalized spacial score (nSPS) is 10.4. The van der Waals surface area contributed by atoms with E-state index in [1.165, 1.54) is 6.20 Å². The van der Waals surface area contributed by atoms with Gasteiger partial charge in [0.25, 0.3) is 5.91 Å². The molecule has 0 aliphatic rings. The molecule has 18 heavy (non-hydrogen) atoms. The summed E-state index contributed by atoms with van der Waals surface area (Å²) in [5.41, 5.74) is 8.81. The molecule has 0 aromatic carbocycles. The minimum atomic E-state index is -0.212. The molecule has 2 aromatic heterocycles. The van der Waals surface area contributed by atoms with Gasteiger partial charge < -0.3 is 11.1 Å². The molecule has 0 saturated carbocycles. The third kappa shape index (κ3) is 2.04. The number of pyridine rings is 1. The van der Waals surface area contributed by atoms with Crippen molar-refractivity contribution in [3.8, 4) is 0 Å². The molecule has 1 amide bonds. The first-order valence-electron chi connectivity index (χ1n) is 5.51. The number of carbonyl (C=O) groups excluding carboxylic acids is 1. The third-order valence-electron chi connectivity index (χ3n) is 2.84. The van der Waals surface area contributed by atoms with E-state index >= 15 is 0 Å². The van der Waals surface area contributed by atoms with Gasteiger partial charge in [-0.15, -0.1) is 0 Å². The largest absolute Gasteiger partial charge is 0.396 e. The first kappa shape index (κ1) is 12.1. The maximum absolute atomic E-state index is 12.2. The number of nitrogens with two attached hydrogens (primary N) is 1. The second-order valence-corrected chi connectivity index (χ2v) is 4.09. The van der Waals surface area contributed by atoms with Crippen LogP contribution >= 0.6 is 0 Å². The van der Waals surface area contributed by atoms with E-state index in [1.54, 1.807) is 30.9 Å². The van der Waals surface area contributed by atoms with Gasteiger partial charge in [-0.1, -0.05) is 0 Å². The maximum Gasteiger partial charge on any atom is 0.259 e. The van der Waals surface area contributed by atoms with Crippen LogP contribution in [0, 0.1) is 13.8 Å². The Morgan fingerprint density at radius 1 is 1.44 bits per heavy atom. The average molecular weight is 245 g/mol. The van der Waals surface area contributed by atoms with Gasteiger partial charge in [-0.05, 0) is 19.9 Å². The second-order valence-electron chi connectivity index (χ2n) is 4.09. The average Bonchev–Trinajstić information content (AvgIpc) is 2.56. The summed E-state index contributed by atoms with van der Waals surface area (Å²) in [4.78, 5) is 16.1. The Hall–Kier alpha value is -2.37. The molecular weight excluding hydrogens is 230 g/mol. The zero-order valence-corrected chi connectivity index (χ0v) is 10.6. The molecule has 0 aliphatic heterocycles. The SMILES string of the molecule is Cc1nn(C)c(C)c1C(=O)Nc1ccncc1N. The van der Waals surface area contributed by atoms with Crippen molar-refractivity contribution in [3.63, 3.8) is 0 Å². The van der Waals surface area contributed by atoms with Gasteiger partial charge in [-0.2, -0.15) is 5.10 Å². The van der Waals surface area contributed by atoms with Crippen molar-refractivity contribution < 1.29 is 4.79 Å². The van der Waals surface area contributed by atoms with Crippen LogP contribution in [0.1, 0.15) is 21.7 Å². The predicted octanol–water partition coefficient (Wildman–Crippen LogP) is 1.27. The van der Waals surface area contributed by atoms with Crippen molar-refractivity contribution in [1.29, 1.82) is 0 Å². The fourth-order valence-electron chi connectivity index (χ4n) is 1.81. The lowest BCUT2D eigenvalue weighted by molar-refractivity contribution is 0.102. The maximum atomic E-state index is 12.2. The van der Waals surface area contributed by atoms with Crippen molar-refractivity contribution >= 4 is 17.3 Å². The molecule has 2 rings (SSSR count). The molecule has 94 valence electrons. The molecule has 0 radical (unpaired) electrons. The molecule has 0 fully saturated rings. The fraction of sp³-hybridized carbons (Fsp3) is 0.250. The Balaban J connectivity index is 2.31. The summed E-state index contributed by atoms with van der Waals surface area (Å²) >= 11 is 0. The highest BCUT2D eigenvalue weighted by Crippen LogP contribution is 2.19. The van der Waals surface area contributed by atoms with E-state index in [1.807, 2.05) is 6.92 Å². The van der Waals surface area contributed by atoms with E-state index < -0.39 is 0 Å². The summed E-state index contributed by atoms with van der Waals surface area (Å²) in [5, 5.41) is 6.97. The highest BCUT2D eigenvalue weighted by Gasteiger charge is 2.17. The minimum absolute atomic E-state index is 0.212. The number of hydrogen-bond donors (Lipinski definition) is 2. The highest BCUT2D eigenvalue weighted by molar-refractivity contribution is 6.07. The number of anilines is 2. The van der Waals surface area contributed by atoms with Crippen LogP contribution in [0.5, 0.6) is 0 Å². The van der Waals surface area contributed by atoms with Crippen molar-refractivity contribution in [2.24, 2.45) is 7.05 Å². The van der Waals surface area contributed by atoms with Crippen LogP contribution in [0.2, 0.25) is 0 Å². The number of rotatable bonds is 2. The van der Waals surface area contributed by atoms with E-state index in [0.717, 1.165) is 5.69 Å². The number of carbonyl (C=O) groups is 1. The van der Waals surface area contributed by atoms with Gasteiger partial charge >= 0.3 is 0 Å². The van der Waals surface area contributed by atoms with E-state index in [4.69, 9.17) is 5.73 Å². The Morgan fingerprint density at radius 3 is 2.72 bits per heavy atom. The number of nitrogens with zero attached hydrogens (tertiary/aromatic N) is 3. The zero-order valence-electron chi connectivity index (χ0n) is 10.6. The highest BCUT2D eigenvalue weighted by atomic mass is 16.1. The summed E-state index contributed by atoms with van der Waals surface area (Å²) in [5.74, 6) is -0.212. The molecule has 0 spiro atoms. The van der Waals surface area contributed by atoms with Gasteiger partial charge in [0.05, 0.1) is 28.8 Å². The molecule has 0 saturated heterocycles. The Kier molecular flexibility index (Phi) is 3.01. The third-order valence-corrected chi connectivity index (χ3v) is 2.84. The topological polar surface area (TPSA) is 85.8 Å². The number of aryl methyl sites for hydroxylation is 2. The molecule has 2 aromatic rings. The van der Waals surface area contributed by atoms with Crippen molar-refractivity contribution in [1.82, 2.24) is 14.8 Å². The lowest BCUT2D eigenvalue weighted by atomic mass is 10.2. The molecule has 6 heteroatoms. The zero-order chi connectivity index (χ0) is 13.3. The molecule has 0 unspecified atom stereocenters. The van der Waals surface area contributed by atoms with Crippen LogP contribution in [0.4, 0.5) is 11.4 Å². The van der Waals surface area contributed by atoms with Crippen LogP contribution in [-0.4, -0.2) is 20.7 Å². The van der Waals surface area contributed by atoms with Crippen LogP contribution in [-0.2, 0) is 7.05 Å². The summed E-state index contributed by atoms with van der Waals surface area (Å²) in [7, 11) is 1.81. The fourth-order valence-corrected chi connectivity index (χ4v) is 1.81. The van der Waals surface area contributed by atoms with Crippen molar-refractivity contribution in [2.75, 3.05) is 11.1 Å². The Morgan fingerprint density at radius 2 is 2.17 bits per heavy atom. The first-order valence-corrected chi connectivity index (χ1v) is 5.51. The molecule has 2 heterocycles. The van der Waals surface area contributed by atoms with E-state index in [-0.39, 0.29) is 5.91 Å². The summed E-state index contributed by atoms with van der Waals surface area (Å²) in [6.45, 7) is 3.66. The molecule has 0 bridgehead atoms. The van der Waals surface area contributed by atoms with Crippen LogP contribution in [0.25, 0.3) is 0 Å². The van der Waals surface area contributed by atoms with Crippen LogP contribution in [0.3, 0.4) is 0 Å². The first-order chi connectivity index (χ1) is 8.50. The number of hydrogen-bond acceptors (Lipinski definition) is 4. The standard InChI is InChI=1S/C12H15N5O/c1-7-11(8(2)17(3)16-7)12(18)15-10-4-5-14-6-9(10)13/h4-6H,13H2,1-3H3,(H,14,15,18). The van der Waals surface area contributed by atoms with E-state index in [9.17, 15) is 4.79 Å². The predicted molar refractivity (Wildman–Crippen MR) is 69.3 cm³/mol. The Labute approximate surface area is 105 Å². The molecule has 0 atom stereocenters. The number of nitrogens with one attached hydrogen (secondary N) is 1. The van der Waals surface area contributed by atoms with Gasteiger partial charge in [0.1, 0.15) is 0 Å². The van der Waals surface area contributed by atoms with Crippen LogP contribution in [0.15, 0.2) is 18.5 Å². The van der Waals surface area contributed by atoms with E-state index in [2.05, 4.69) is 15.4 Å². The number of amides is 1. The molecular formula is C12H15N5O. The summed E-state index contributed by atoms with van der Waals surface area (Å²) in [6, 6.07) is 1.66. The van der Waals surface area contributed by atoms with Gasteiger partial charge in [0.2, 0.25) is 0 Å². The molecule has 3 N–H and O–H groups in total. The lowest BCUT2D eigenvalue weighted by Crippen LogP contribution is -2.15. The van der Waals surface area contributed by atoms with Gasteiger partial charge in [-0.25, -0.2) is 0 Å². The summed E-state index contributed by atoms with van der Waals surface area (Å²) < 4.78 is 1.68. The van der Waals surface area contributed by atoms with Gasteiger partial charge in [-0.3, -0.25) is 14.5 Å². The number of nitrogen functional groups attached to an aromatic ring is 1. The Bertz CT molecular complexity index is 603. The smallest absolute Gasteiger partial charge is 0.259 e. The van der Waals surface area contributed by atoms with Gasteiger partial charge in [0, 0.05) is 18.9 Å². The lowest BCUT2D eigenvalue weighted by Gasteiger charge is -2.07. The van der Waals surface area contributed by atoms with E-state index in [0.29, 0.717) is 22.6 Å². The molecule has 6 nitrogen and oxygen atoms in total. The van der Waals surface area contributed by atoms with Crippen molar-refractivity contribution in [2.45, 2.75) is 13.8 Å². The minimum Gasteiger partial charge on any atom is -0.396 e. The van der Waals surface area contributed by atoms with Gasteiger partial charge in [0.15, 0.2) is 0 Å². The molecule has 0 aliphatic carbocycles. The second kappa shape index (κ2) is 4.48. The summed E-state index contributed by atoms with van der Waals surface area (Å²) in [6.07, 6.45) is 3.08. The quantitative estimate of drug-likeness (QED) is 0.834. The number of aromatic nitrogens is 3. The van der Waals surface area contributed by atoms with Crippen LogP contribution < -0.4 is 11.1 Å². The van der Waals surface area contributed by atoms with Crippen molar-refractivity contribution in [3.05, 3.63) is 35.4 Å². The monoisotopic (exact) mass is 245 g/mol.